The van der Waals surface area contributed by atoms with E-state index in [9.17, 15) is 22.8 Å². The van der Waals surface area contributed by atoms with Gasteiger partial charge in [0.1, 0.15) is 4.91 Å². The summed E-state index contributed by atoms with van der Waals surface area (Å²) in [5.41, 5.74) is 1.10. The molecule has 2 N–H and O–H groups in total. The number of amides is 4. The van der Waals surface area contributed by atoms with Crippen molar-refractivity contribution in [2.45, 2.75) is 18.2 Å². The van der Waals surface area contributed by atoms with Crippen molar-refractivity contribution in [3.8, 4) is 0 Å². The molecule has 0 saturated carbocycles. The number of anilines is 1. The number of allylic oxidation sites excluding steroid dienone is 1. The number of nitrogens with one attached hydrogen (secondary N) is 2. The van der Waals surface area contributed by atoms with Crippen molar-refractivity contribution in [2.75, 3.05) is 17.2 Å². The van der Waals surface area contributed by atoms with Gasteiger partial charge in [-0.15, -0.1) is 11.8 Å². The fraction of sp³-hybridized carbons (Fsp3) is 0.190. The minimum Gasteiger partial charge on any atom is -0.465 e. The Hall–Kier alpha value is -3.02. The van der Waals surface area contributed by atoms with Crippen molar-refractivity contribution in [1.29, 1.82) is 0 Å². The van der Waals surface area contributed by atoms with Crippen LogP contribution in [0.5, 0.6) is 0 Å². The molecule has 1 aliphatic heterocycles. The Labute approximate surface area is 200 Å². The maximum Gasteiger partial charge on any atom is 0.346 e. The number of ether oxygens (including phenoxy) is 1. The number of hydrogen-bond donors (Lipinski definition) is 2. The minimum absolute atomic E-state index is 0.0174. The molecule has 1 heterocycles. The molecule has 3 rings (SSSR count). The van der Waals surface area contributed by atoms with Crippen LogP contribution in [0.3, 0.4) is 0 Å². The monoisotopic (exact) mass is 509 g/mol. The van der Waals surface area contributed by atoms with Gasteiger partial charge in [-0.25, -0.2) is 22.8 Å². The van der Waals surface area contributed by atoms with Crippen LogP contribution in [0.4, 0.5) is 15.3 Å². The molecule has 0 bridgehead atoms. The molecule has 2 aromatic rings. The normalized spacial score (nSPS) is 13.4. The quantitative estimate of drug-likeness (QED) is 0.588. The number of imide groups is 1. The lowest BCUT2D eigenvalue weighted by Crippen LogP contribution is -2.49. The van der Waals surface area contributed by atoms with E-state index in [0.717, 1.165) is 5.56 Å². The summed E-state index contributed by atoms with van der Waals surface area (Å²) in [5, 5.41) is 4.79. The van der Waals surface area contributed by atoms with Crippen LogP contribution in [0.2, 0.25) is 5.02 Å². The number of carbonyl (C=O) groups excluding carboxylic acids is 3. The molecule has 2 aromatic carbocycles. The summed E-state index contributed by atoms with van der Waals surface area (Å²) < 4.78 is 31.8. The molecule has 0 fully saturated rings. The molecule has 0 aromatic heterocycles. The standard InChI is InChI=1S/C21H20ClN3O6S2/c1-13-3-9-16(10-4-13)33(29,30)25(15-7-5-14(22)6-8-15)21(28)24-20(27)23-17-11-12-32-18(17)19(26)31-2/h3-10H,11-12H2,1-2H3,(H2,23,24,27,28). The van der Waals surface area contributed by atoms with E-state index >= 15 is 0 Å². The third-order valence-corrected chi connectivity index (χ3v) is 7.62. The summed E-state index contributed by atoms with van der Waals surface area (Å²) in [5.74, 6) is -0.0592. The predicted octanol–water partition coefficient (Wildman–Crippen LogP) is 3.78. The molecular formula is C21H20ClN3O6S2. The van der Waals surface area contributed by atoms with Crippen molar-refractivity contribution < 1.29 is 27.5 Å². The van der Waals surface area contributed by atoms with Crippen LogP contribution in [-0.4, -0.2) is 39.3 Å². The first-order valence-corrected chi connectivity index (χ1v) is 12.4. The van der Waals surface area contributed by atoms with E-state index in [4.69, 9.17) is 11.6 Å². The second-order valence-electron chi connectivity index (χ2n) is 6.84. The fourth-order valence-corrected chi connectivity index (χ4v) is 5.44. The van der Waals surface area contributed by atoms with Gasteiger partial charge in [0.25, 0.3) is 10.0 Å². The van der Waals surface area contributed by atoms with Crippen molar-refractivity contribution in [3.63, 3.8) is 0 Å². The first-order valence-electron chi connectivity index (χ1n) is 9.57. The number of thioether (sulfide) groups is 1. The summed E-state index contributed by atoms with van der Waals surface area (Å²) in [4.78, 5) is 37.4. The average molecular weight is 510 g/mol. The smallest absolute Gasteiger partial charge is 0.346 e. The first-order chi connectivity index (χ1) is 15.6. The Morgan fingerprint density at radius 2 is 1.70 bits per heavy atom. The molecule has 0 atom stereocenters. The van der Waals surface area contributed by atoms with Crippen molar-refractivity contribution in [3.05, 3.63) is 69.7 Å². The van der Waals surface area contributed by atoms with Crippen LogP contribution in [0.15, 0.2) is 64.0 Å². The number of benzene rings is 2. The molecule has 12 heteroatoms. The Kier molecular flexibility index (Phi) is 7.67. The summed E-state index contributed by atoms with van der Waals surface area (Å²) in [6.45, 7) is 1.79. The van der Waals surface area contributed by atoms with E-state index in [2.05, 4.69) is 10.1 Å². The van der Waals surface area contributed by atoms with E-state index in [1.54, 1.807) is 19.1 Å². The zero-order valence-corrected chi connectivity index (χ0v) is 20.0. The molecular weight excluding hydrogens is 490 g/mol. The van der Waals surface area contributed by atoms with Crippen LogP contribution >= 0.6 is 23.4 Å². The van der Waals surface area contributed by atoms with Gasteiger partial charge in [-0.1, -0.05) is 29.3 Å². The number of sulfonamides is 1. The highest BCUT2D eigenvalue weighted by Crippen LogP contribution is 2.30. The van der Waals surface area contributed by atoms with Gasteiger partial charge in [0.05, 0.1) is 17.7 Å². The molecule has 0 radical (unpaired) electrons. The molecule has 1 aliphatic rings. The topological polar surface area (TPSA) is 122 Å². The fourth-order valence-electron chi connectivity index (χ4n) is 2.92. The number of esters is 1. The SMILES string of the molecule is COC(=O)C1=C(NC(=O)NC(=O)N(c2ccc(Cl)cc2)S(=O)(=O)c2ccc(C)cc2)CCS1. The summed E-state index contributed by atoms with van der Waals surface area (Å²) in [6.07, 6.45) is 0.374. The number of carbonyl (C=O) groups is 3. The number of hydrogen-bond acceptors (Lipinski definition) is 7. The number of urea groups is 2. The highest BCUT2D eigenvalue weighted by atomic mass is 35.5. The van der Waals surface area contributed by atoms with Gasteiger partial charge in [0.2, 0.25) is 0 Å². The maximum absolute atomic E-state index is 13.3. The van der Waals surface area contributed by atoms with Crippen LogP contribution in [0.1, 0.15) is 12.0 Å². The van der Waals surface area contributed by atoms with Crippen molar-refractivity contribution >= 4 is 57.1 Å². The lowest BCUT2D eigenvalue weighted by atomic mass is 10.2. The zero-order valence-electron chi connectivity index (χ0n) is 17.6. The molecule has 0 spiro atoms. The van der Waals surface area contributed by atoms with Gasteiger partial charge in [-0.2, -0.15) is 4.31 Å². The second-order valence-corrected chi connectivity index (χ2v) is 10.2. The Balaban J connectivity index is 1.90. The molecule has 0 saturated heterocycles. The van der Waals surface area contributed by atoms with Gasteiger partial charge in [-0.05, 0) is 49.7 Å². The number of halogens is 1. The Morgan fingerprint density at radius 3 is 2.30 bits per heavy atom. The van der Waals surface area contributed by atoms with E-state index < -0.39 is 28.1 Å². The first kappa shape index (κ1) is 24.6. The minimum atomic E-state index is -4.38. The summed E-state index contributed by atoms with van der Waals surface area (Å²) in [7, 11) is -3.16. The zero-order chi connectivity index (χ0) is 24.2. The van der Waals surface area contributed by atoms with Gasteiger partial charge in [-0.3, -0.25) is 5.32 Å². The molecule has 9 nitrogen and oxygen atoms in total. The molecule has 0 unspecified atom stereocenters. The lowest BCUT2D eigenvalue weighted by molar-refractivity contribution is -0.135. The van der Waals surface area contributed by atoms with Crippen molar-refractivity contribution in [2.24, 2.45) is 0 Å². The number of nitrogens with zero attached hydrogens (tertiary/aromatic N) is 1. The predicted molar refractivity (Wildman–Crippen MR) is 125 cm³/mol. The van der Waals surface area contributed by atoms with Crippen LogP contribution in [0, 0.1) is 6.92 Å². The van der Waals surface area contributed by atoms with Crippen LogP contribution in [0.25, 0.3) is 0 Å². The van der Waals surface area contributed by atoms with Gasteiger partial charge >= 0.3 is 18.0 Å². The molecule has 174 valence electrons. The van der Waals surface area contributed by atoms with Crippen molar-refractivity contribution in [1.82, 2.24) is 10.6 Å². The molecule has 4 amide bonds. The lowest BCUT2D eigenvalue weighted by Gasteiger charge is -2.23. The highest BCUT2D eigenvalue weighted by Gasteiger charge is 2.33. The van der Waals surface area contributed by atoms with E-state index in [0.29, 0.717) is 21.5 Å². The number of rotatable bonds is 5. The Bertz CT molecular complexity index is 1210. The number of aryl methyl sites for hydroxylation is 1. The third kappa shape index (κ3) is 5.67. The van der Waals surface area contributed by atoms with Crippen LogP contribution < -0.4 is 14.9 Å². The van der Waals surface area contributed by atoms with Gasteiger partial charge in [0, 0.05) is 16.5 Å². The van der Waals surface area contributed by atoms with E-state index in [1.165, 1.54) is 55.3 Å². The Morgan fingerprint density at radius 1 is 1.06 bits per heavy atom. The van der Waals surface area contributed by atoms with E-state index in [1.807, 2.05) is 5.32 Å². The van der Waals surface area contributed by atoms with E-state index in [-0.39, 0.29) is 21.2 Å². The van der Waals surface area contributed by atoms with Gasteiger partial charge in [0.15, 0.2) is 0 Å². The number of methoxy groups -OCH3 is 1. The van der Waals surface area contributed by atoms with Crippen LogP contribution in [-0.2, 0) is 19.6 Å². The second kappa shape index (κ2) is 10.3. The summed E-state index contributed by atoms with van der Waals surface area (Å²) >= 11 is 7.11. The molecule has 0 aliphatic carbocycles. The largest absolute Gasteiger partial charge is 0.465 e. The maximum atomic E-state index is 13.3. The summed E-state index contributed by atoms with van der Waals surface area (Å²) in [6, 6.07) is 9.25. The highest BCUT2D eigenvalue weighted by molar-refractivity contribution is 8.04. The van der Waals surface area contributed by atoms with Gasteiger partial charge < -0.3 is 10.1 Å². The molecule has 33 heavy (non-hydrogen) atoms. The third-order valence-electron chi connectivity index (χ3n) is 4.53. The average Bonchev–Trinajstić information content (AvgIpc) is 3.22.